The zero-order valence-electron chi connectivity index (χ0n) is 30.3. The van der Waals surface area contributed by atoms with E-state index in [1.165, 1.54) is 0 Å². The Hall–Kier alpha value is -8.37. The van der Waals surface area contributed by atoms with Gasteiger partial charge in [-0.1, -0.05) is 115 Å². The molecule has 0 aliphatic rings. The number of nitrogens with zero attached hydrogens (tertiary/aromatic N) is 6. The van der Waals surface area contributed by atoms with E-state index in [2.05, 4.69) is 139 Å². The van der Waals surface area contributed by atoms with Crippen LogP contribution >= 0.6 is 0 Å². The van der Waals surface area contributed by atoms with Crippen LogP contribution in [0.15, 0.2) is 170 Å². The van der Waals surface area contributed by atoms with E-state index in [1.807, 2.05) is 54.6 Å². The van der Waals surface area contributed by atoms with Gasteiger partial charge in [-0.3, -0.25) is 4.85 Å². The molecule has 0 radical (unpaired) electrons. The first-order valence-electron chi connectivity index (χ1n) is 18.7. The maximum atomic E-state index is 10.4. The van der Waals surface area contributed by atoms with Crippen LogP contribution in [0, 0.1) is 24.5 Å². The Balaban J connectivity index is 1.34. The van der Waals surface area contributed by atoms with Gasteiger partial charge >= 0.3 is 0 Å². The average Bonchev–Trinajstić information content (AvgIpc) is 3.92. The summed E-state index contributed by atoms with van der Waals surface area (Å²) in [4.78, 5) is 7.93. The zero-order valence-corrected chi connectivity index (χ0v) is 30.3. The first kappa shape index (κ1) is 32.1. The third-order valence-corrected chi connectivity index (χ3v) is 11.3. The molecule has 3 aromatic heterocycles. The van der Waals surface area contributed by atoms with Crippen LogP contribution in [0.1, 0.15) is 5.56 Å². The molecule has 0 saturated carbocycles. The maximum absolute atomic E-state index is 10.4. The van der Waals surface area contributed by atoms with E-state index in [-0.39, 0.29) is 11.4 Å². The number of hydrogen-bond acceptors (Lipinski definition) is 1. The molecular formula is C51H28N6. The average molecular weight is 725 g/mol. The number of para-hydroxylation sites is 5. The Kier molecular flexibility index (Phi) is 6.95. The molecule has 0 N–H and O–H groups in total. The van der Waals surface area contributed by atoms with Crippen molar-refractivity contribution in [1.82, 2.24) is 13.7 Å². The molecule has 3 heterocycles. The summed E-state index contributed by atoms with van der Waals surface area (Å²) >= 11 is 0. The minimum atomic E-state index is 0.260. The minimum Gasteiger partial charge on any atom is -0.320 e. The monoisotopic (exact) mass is 724 g/mol. The van der Waals surface area contributed by atoms with Crippen LogP contribution in [0.4, 0.5) is 11.4 Å². The van der Waals surface area contributed by atoms with Crippen molar-refractivity contribution in [3.63, 3.8) is 0 Å². The second-order valence-corrected chi connectivity index (χ2v) is 14.2. The summed E-state index contributed by atoms with van der Waals surface area (Å²) in [7, 11) is 0. The van der Waals surface area contributed by atoms with E-state index in [1.54, 1.807) is 6.07 Å². The number of rotatable bonds is 4. The standard InChI is InChI=1S/C51H28N6/c1-53-42-28-27-40(49(48(42)54-2)56-44-21-11-6-16-34(44)35-17-7-12-22-45(35)56)41-30-32(31-52)24-29-47(41)57-46-23-13-9-19-37(46)39-26-25-38-36-18-8-10-20-43(36)55(50(38)51(39)57)33-14-4-3-5-15-33/h3-30H. The summed E-state index contributed by atoms with van der Waals surface area (Å²) in [5.74, 6) is 0. The Morgan fingerprint density at radius 1 is 0.439 bits per heavy atom. The summed E-state index contributed by atoms with van der Waals surface area (Å²) in [6, 6.07) is 60.3. The summed E-state index contributed by atoms with van der Waals surface area (Å²) in [6.45, 7) is 16.7. The summed E-state index contributed by atoms with van der Waals surface area (Å²) < 4.78 is 6.82. The molecule has 0 aliphatic carbocycles. The van der Waals surface area contributed by atoms with Crippen molar-refractivity contribution < 1.29 is 0 Å². The van der Waals surface area contributed by atoms with Crippen LogP contribution in [-0.4, -0.2) is 13.7 Å². The normalized spacial score (nSPS) is 11.5. The fourth-order valence-electron chi connectivity index (χ4n) is 8.99. The Labute approximate surface area is 327 Å². The summed E-state index contributed by atoms with van der Waals surface area (Å²) in [5.41, 5.74) is 11.1. The molecule has 8 aromatic carbocycles. The van der Waals surface area contributed by atoms with Crippen molar-refractivity contribution in [2.75, 3.05) is 0 Å². The predicted molar refractivity (Wildman–Crippen MR) is 232 cm³/mol. The maximum Gasteiger partial charge on any atom is 0.218 e. The van der Waals surface area contributed by atoms with E-state index >= 15 is 0 Å². The van der Waals surface area contributed by atoms with Gasteiger partial charge in [0.25, 0.3) is 0 Å². The highest BCUT2D eigenvalue weighted by molar-refractivity contribution is 6.24. The number of aromatic nitrogens is 3. The van der Waals surface area contributed by atoms with E-state index in [4.69, 9.17) is 13.1 Å². The van der Waals surface area contributed by atoms with E-state index in [0.717, 1.165) is 87.9 Å². The van der Waals surface area contributed by atoms with E-state index in [9.17, 15) is 5.26 Å². The van der Waals surface area contributed by atoms with Gasteiger partial charge in [0.05, 0.1) is 63.6 Å². The fraction of sp³-hybridized carbons (Fsp3) is 0. The van der Waals surface area contributed by atoms with Gasteiger partial charge in [0, 0.05) is 49.3 Å². The van der Waals surface area contributed by atoms with Crippen molar-refractivity contribution >= 4 is 76.8 Å². The number of hydrogen-bond donors (Lipinski definition) is 0. The lowest BCUT2D eigenvalue weighted by Gasteiger charge is -2.21. The van der Waals surface area contributed by atoms with Crippen LogP contribution in [0.3, 0.4) is 0 Å². The second kappa shape index (κ2) is 12.3. The minimum absolute atomic E-state index is 0.260. The molecule has 0 saturated heterocycles. The first-order valence-corrected chi connectivity index (χ1v) is 18.7. The SMILES string of the molecule is [C-]#[N+]c1ccc(-c2cc(C#N)ccc2-n2c3ccccc3c3ccc4c5ccccc5n(-c5ccccc5)c4c32)c(-n2c3ccccc3c3ccccc32)c1[N+]#[C-]. The lowest BCUT2D eigenvalue weighted by Crippen LogP contribution is -2.03. The topological polar surface area (TPSA) is 47.3 Å². The molecule has 262 valence electrons. The molecule has 6 nitrogen and oxygen atoms in total. The quantitative estimate of drug-likeness (QED) is 0.167. The van der Waals surface area contributed by atoms with Crippen LogP contribution in [0.5, 0.6) is 0 Å². The van der Waals surface area contributed by atoms with Crippen LogP contribution in [-0.2, 0) is 0 Å². The lowest BCUT2D eigenvalue weighted by atomic mass is 9.97. The number of nitriles is 1. The highest BCUT2D eigenvalue weighted by Crippen LogP contribution is 2.48. The molecule has 0 amide bonds. The van der Waals surface area contributed by atoms with Gasteiger partial charge in [-0.15, -0.1) is 0 Å². The second-order valence-electron chi connectivity index (χ2n) is 14.2. The van der Waals surface area contributed by atoms with Crippen molar-refractivity contribution in [2.24, 2.45) is 0 Å². The Morgan fingerprint density at radius 3 is 1.51 bits per heavy atom. The highest BCUT2D eigenvalue weighted by Gasteiger charge is 2.26. The summed E-state index contributed by atoms with van der Waals surface area (Å²) in [6.07, 6.45) is 0. The van der Waals surface area contributed by atoms with Gasteiger partial charge in [0.2, 0.25) is 5.69 Å². The van der Waals surface area contributed by atoms with Crippen molar-refractivity contribution in [1.29, 1.82) is 5.26 Å². The molecule has 0 fully saturated rings. The van der Waals surface area contributed by atoms with Gasteiger partial charge < -0.3 is 13.7 Å². The third-order valence-electron chi connectivity index (χ3n) is 11.3. The third kappa shape index (κ3) is 4.49. The Morgan fingerprint density at radius 2 is 0.947 bits per heavy atom. The smallest absolute Gasteiger partial charge is 0.218 e. The molecule has 11 aromatic rings. The van der Waals surface area contributed by atoms with Crippen LogP contribution in [0.2, 0.25) is 0 Å². The lowest BCUT2D eigenvalue weighted by molar-refractivity contribution is 1.14. The molecule has 0 spiro atoms. The van der Waals surface area contributed by atoms with Gasteiger partial charge in [0.15, 0.2) is 5.69 Å². The van der Waals surface area contributed by atoms with E-state index < -0.39 is 0 Å². The molecule has 0 unspecified atom stereocenters. The molecule has 0 atom stereocenters. The van der Waals surface area contributed by atoms with Gasteiger partial charge in [0.1, 0.15) is 0 Å². The molecule has 11 rings (SSSR count). The largest absolute Gasteiger partial charge is 0.320 e. The number of fused-ring (bicyclic) bond motifs is 10. The van der Waals surface area contributed by atoms with Crippen molar-refractivity contribution in [3.05, 3.63) is 198 Å². The molecule has 0 bridgehead atoms. The molecule has 57 heavy (non-hydrogen) atoms. The molecular weight excluding hydrogens is 697 g/mol. The highest BCUT2D eigenvalue weighted by atomic mass is 15.1. The van der Waals surface area contributed by atoms with E-state index in [0.29, 0.717) is 11.3 Å². The molecule has 0 aliphatic heterocycles. The van der Waals surface area contributed by atoms with Crippen molar-refractivity contribution in [3.8, 4) is 34.3 Å². The predicted octanol–water partition coefficient (Wildman–Crippen LogP) is 13.6. The zero-order chi connectivity index (χ0) is 38.2. The van der Waals surface area contributed by atoms with Crippen LogP contribution in [0.25, 0.3) is 103 Å². The first-order chi connectivity index (χ1) is 28.2. The fourth-order valence-corrected chi connectivity index (χ4v) is 8.99. The van der Waals surface area contributed by atoms with Gasteiger partial charge in [-0.25, -0.2) is 4.85 Å². The van der Waals surface area contributed by atoms with Gasteiger partial charge in [-0.05, 0) is 60.2 Å². The molecule has 6 heteroatoms. The van der Waals surface area contributed by atoms with Gasteiger partial charge in [-0.2, -0.15) is 5.26 Å². The number of benzene rings is 8. The Bertz CT molecular complexity index is 3560. The summed E-state index contributed by atoms with van der Waals surface area (Å²) in [5, 5.41) is 17.0. The van der Waals surface area contributed by atoms with Crippen LogP contribution < -0.4 is 0 Å². The van der Waals surface area contributed by atoms with Crippen molar-refractivity contribution in [2.45, 2.75) is 0 Å².